The van der Waals surface area contributed by atoms with Gasteiger partial charge < -0.3 is 14.2 Å². The first-order valence-corrected chi connectivity index (χ1v) is 11.1. The summed E-state index contributed by atoms with van der Waals surface area (Å²) in [4.78, 5) is 50.0. The van der Waals surface area contributed by atoms with Gasteiger partial charge >= 0.3 is 17.9 Å². The molecule has 0 radical (unpaired) electrons. The van der Waals surface area contributed by atoms with Crippen molar-refractivity contribution in [2.24, 2.45) is 0 Å². The van der Waals surface area contributed by atoms with E-state index in [-0.39, 0.29) is 43.3 Å². The van der Waals surface area contributed by atoms with Crippen molar-refractivity contribution in [1.29, 1.82) is 0 Å². The van der Waals surface area contributed by atoms with Gasteiger partial charge in [-0.2, -0.15) is 0 Å². The fourth-order valence-electron chi connectivity index (χ4n) is 2.97. The lowest BCUT2D eigenvalue weighted by atomic mass is 9.98. The molecule has 2 aromatic rings. The minimum absolute atomic E-state index is 0.00683. The molecule has 0 heterocycles. The van der Waals surface area contributed by atoms with Crippen LogP contribution in [0.4, 0.5) is 0 Å². The largest absolute Gasteiger partial charge is 0.461 e. The van der Waals surface area contributed by atoms with E-state index in [0.717, 1.165) is 12.2 Å². The number of benzene rings is 2. The molecule has 0 aliphatic carbocycles. The lowest BCUT2D eigenvalue weighted by Crippen LogP contribution is -2.35. The second-order valence-electron chi connectivity index (χ2n) is 7.10. The van der Waals surface area contributed by atoms with Crippen LogP contribution in [-0.2, 0) is 23.8 Å². The number of ether oxygens (including phenoxy) is 3. The molecule has 9 heteroatoms. The average Bonchev–Trinajstić information content (AvgIpc) is 2.88. The smallest absolute Gasteiger partial charge is 0.338 e. The zero-order valence-corrected chi connectivity index (χ0v) is 19.9. The van der Waals surface area contributed by atoms with Gasteiger partial charge in [0.25, 0.3) is 0 Å². The van der Waals surface area contributed by atoms with Crippen LogP contribution < -0.4 is 0 Å². The van der Waals surface area contributed by atoms with E-state index >= 15 is 0 Å². The molecule has 0 aromatic heterocycles. The molecule has 0 saturated heterocycles. The van der Waals surface area contributed by atoms with Gasteiger partial charge in [0.2, 0.25) is 0 Å². The van der Waals surface area contributed by atoms with Gasteiger partial charge in [-0.15, -0.1) is 0 Å². The summed E-state index contributed by atoms with van der Waals surface area (Å²) in [5.41, 5.74) is 0.743. The van der Waals surface area contributed by atoms with E-state index in [2.05, 4.69) is 13.2 Å². The molecule has 0 amide bonds. The van der Waals surface area contributed by atoms with Crippen molar-refractivity contribution in [3.05, 3.63) is 95.6 Å². The van der Waals surface area contributed by atoms with Crippen LogP contribution in [0.15, 0.2) is 73.8 Å². The van der Waals surface area contributed by atoms with Gasteiger partial charge in [0.1, 0.15) is 19.8 Å². The number of carbonyl (C=O) groups excluding carboxylic acids is 4. The van der Waals surface area contributed by atoms with Crippen molar-refractivity contribution in [2.45, 2.75) is 0 Å². The molecule has 2 aromatic carbocycles. The summed E-state index contributed by atoms with van der Waals surface area (Å²) < 4.78 is 15.4. The van der Waals surface area contributed by atoms with Crippen LogP contribution in [0.2, 0.25) is 5.02 Å². The normalized spacial score (nSPS) is 10.3. The lowest BCUT2D eigenvalue weighted by molar-refractivity contribution is -0.138. The molecule has 0 bridgehead atoms. The Balaban J connectivity index is 1.98. The highest BCUT2D eigenvalue weighted by molar-refractivity contribution is 6.30. The van der Waals surface area contributed by atoms with Crippen LogP contribution >= 0.6 is 11.6 Å². The monoisotopic (exact) mass is 499 g/mol. The maximum absolute atomic E-state index is 12.9. The Morgan fingerprint density at radius 2 is 1.23 bits per heavy atom. The van der Waals surface area contributed by atoms with Crippen molar-refractivity contribution >= 4 is 35.3 Å². The molecule has 0 unspecified atom stereocenters. The Labute approximate surface area is 208 Å². The number of hydrogen-bond acceptors (Lipinski definition) is 8. The molecule has 0 saturated carbocycles. The highest BCUT2D eigenvalue weighted by atomic mass is 35.5. The van der Waals surface area contributed by atoms with Gasteiger partial charge in [0, 0.05) is 47.9 Å². The second-order valence-corrected chi connectivity index (χ2v) is 7.54. The number of nitrogens with zero attached hydrogens (tertiary/aromatic N) is 1. The minimum Gasteiger partial charge on any atom is -0.461 e. The Bertz CT molecular complexity index is 1040. The van der Waals surface area contributed by atoms with Crippen molar-refractivity contribution in [3.63, 3.8) is 0 Å². The van der Waals surface area contributed by atoms with E-state index in [1.54, 1.807) is 47.4 Å². The van der Waals surface area contributed by atoms with Gasteiger partial charge in [-0.3, -0.25) is 9.69 Å². The summed E-state index contributed by atoms with van der Waals surface area (Å²) in [6, 6.07) is 12.8. The maximum atomic E-state index is 12.9. The van der Waals surface area contributed by atoms with Crippen molar-refractivity contribution < 1.29 is 33.4 Å². The van der Waals surface area contributed by atoms with Gasteiger partial charge in [0.05, 0.1) is 5.56 Å². The first kappa shape index (κ1) is 27.5. The van der Waals surface area contributed by atoms with Crippen LogP contribution in [0, 0.1) is 0 Å². The lowest BCUT2D eigenvalue weighted by Gasteiger charge is -2.21. The predicted molar refractivity (Wildman–Crippen MR) is 130 cm³/mol. The van der Waals surface area contributed by atoms with Gasteiger partial charge in [0.15, 0.2) is 5.78 Å². The third-order valence-corrected chi connectivity index (χ3v) is 5.03. The third-order valence-electron chi connectivity index (χ3n) is 4.78. The van der Waals surface area contributed by atoms with E-state index in [1.807, 2.05) is 0 Å². The van der Waals surface area contributed by atoms with Crippen LogP contribution in [0.3, 0.4) is 0 Å². The summed E-state index contributed by atoms with van der Waals surface area (Å²) in [5, 5.41) is 0.498. The quantitative estimate of drug-likeness (QED) is 0.168. The molecule has 184 valence electrons. The standard InChI is InChI=1S/C26H26ClNO7/c1-3-23(29)33-16-13-28(14-17-34-24(30)4-2)15-18-35-26(32)22-8-6-5-7-21(22)25(31)19-9-11-20(27)12-10-19/h3-12H,1-2,13-18H2. The van der Waals surface area contributed by atoms with E-state index in [1.165, 1.54) is 6.07 Å². The maximum Gasteiger partial charge on any atom is 0.338 e. The fraction of sp³-hybridized carbons (Fsp3) is 0.231. The molecule has 0 spiro atoms. The average molecular weight is 500 g/mol. The Kier molecular flexibility index (Phi) is 11.4. The van der Waals surface area contributed by atoms with Crippen LogP contribution in [0.25, 0.3) is 0 Å². The molecule has 0 aliphatic heterocycles. The number of hydrogen-bond donors (Lipinski definition) is 0. The number of carbonyl (C=O) groups is 4. The van der Waals surface area contributed by atoms with E-state index < -0.39 is 17.9 Å². The predicted octanol–water partition coefficient (Wildman–Crippen LogP) is 3.49. The molecule has 0 atom stereocenters. The molecule has 0 aliphatic rings. The van der Waals surface area contributed by atoms with Gasteiger partial charge in [-0.25, -0.2) is 14.4 Å². The summed E-state index contributed by atoms with van der Waals surface area (Å²) >= 11 is 5.89. The number of ketones is 1. The topological polar surface area (TPSA) is 99.2 Å². The summed E-state index contributed by atoms with van der Waals surface area (Å²) in [7, 11) is 0. The van der Waals surface area contributed by atoms with E-state index in [4.69, 9.17) is 25.8 Å². The van der Waals surface area contributed by atoms with Crippen molar-refractivity contribution in [3.8, 4) is 0 Å². The number of esters is 3. The van der Waals surface area contributed by atoms with Crippen molar-refractivity contribution in [2.75, 3.05) is 39.5 Å². The molecule has 2 rings (SSSR count). The van der Waals surface area contributed by atoms with Crippen LogP contribution in [0.5, 0.6) is 0 Å². The molecule has 35 heavy (non-hydrogen) atoms. The highest BCUT2D eigenvalue weighted by Crippen LogP contribution is 2.18. The van der Waals surface area contributed by atoms with Crippen LogP contribution in [-0.4, -0.2) is 68.0 Å². The summed E-state index contributed by atoms with van der Waals surface area (Å²) in [6.07, 6.45) is 2.11. The zero-order chi connectivity index (χ0) is 25.6. The third kappa shape index (κ3) is 9.19. The second kappa shape index (κ2) is 14.5. The Morgan fingerprint density at radius 3 is 1.74 bits per heavy atom. The Morgan fingerprint density at radius 1 is 0.743 bits per heavy atom. The van der Waals surface area contributed by atoms with Crippen LogP contribution in [0.1, 0.15) is 26.3 Å². The Hall–Kier alpha value is -3.75. The molecular weight excluding hydrogens is 474 g/mol. The molecule has 0 N–H and O–H groups in total. The van der Waals surface area contributed by atoms with E-state index in [0.29, 0.717) is 23.7 Å². The molecule has 8 nitrogen and oxygen atoms in total. The fourth-order valence-corrected chi connectivity index (χ4v) is 3.09. The minimum atomic E-state index is -0.654. The summed E-state index contributed by atoms with van der Waals surface area (Å²) in [6.45, 7) is 7.72. The van der Waals surface area contributed by atoms with Crippen molar-refractivity contribution in [1.82, 2.24) is 4.90 Å². The zero-order valence-electron chi connectivity index (χ0n) is 19.1. The first-order chi connectivity index (χ1) is 16.8. The first-order valence-electron chi connectivity index (χ1n) is 10.7. The highest BCUT2D eigenvalue weighted by Gasteiger charge is 2.19. The van der Waals surface area contributed by atoms with Gasteiger partial charge in [-0.05, 0) is 30.3 Å². The molecule has 0 fully saturated rings. The summed E-state index contributed by atoms with van der Waals surface area (Å²) in [5.74, 6) is -2.10. The SMILES string of the molecule is C=CC(=O)OCCN(CCOC(=O)C=C)CCOC(=O)c1ccccc1C(=O)c1ccc(Cl)cc1. The van der Waals surface area contributed by atoms with Gasteiger partial charge in [-0.1, -0.05) is 43.0 Å². The number of halogens is 1. The molecular formula is C26H26ClNO7. The number of rotatable bonds is 14. The van der Waals surface area contributed by atoms with E-state index in [9.17, 15) is 19.2 Å².